The topological polar surface area (TPSA) is 84.0 Å². The van der Waals surface area contributed by atoms with Crippen LogP contribution in [0.2, 0.25) is 5.02 Å². The van der Waals surface area contributed by atoms with Crippen molar-refractivity contribution in [3.8, 4) is 0 Å². The van der Waals surface area contributed by atoms with Crippen molar-refractivity contribution in [1.29, 1.82) is 0 Å². The molecule has 0 fully saturated rings. The monoisotopic (exact) mass is 374 g/mol. The summed E-state index contributed by atoms with van der Waals surface area (Å²) in [7, 11) is -3.71. The Hall–Kier alpha value is -2.64. The zero-order chi connectivity index (χ0) is 17.9. The molecule has 6 nitrogen and oxygen atoms in total. The molecule has 0 saturated heterocycles. The summed E-state index contributed by atoms with van der Waals surface area (Å²) in [5.74, 6) is 0.612. The highest BCUT2D eigenvalue weighted by molar-refractivity contribution is 7.92. The fraction of sp³-hybridized carbons (Fsp3) is 0.0588. The second-order valence-corrected chi connectivity index (χ2v) is 7.40. The smallest absolute Gasteiger partial charge is 0.263 e. The van der Waals surface area contributed by atoms with E-state index >= 15 is 0 Å². The van der Waals surface area contributed by atoms with Crippen LogP contribution in [-0.2, 0) is 10.0 Å². The van der Waals surface area contributed by atoms with E-state index in [4.69, 9.17) is 11.6 Å². The van der Waals surface area contributed by atoms with Crippen molar-refractivity contribution in [1.82, 2.24) is 10.2 Å². The minimum absolute atomic E-state index is 0.139. The van der Waals surface area contributed by atoms with E-state index < -0.39 is 10.0 Å². The Morgan fingerprint density at radius 2 is 1.64 bits per heavy atom. The van der Waals surface area contributed by atoms with Crippen LogP contribution in [0.5, 0.6) is 0 Å². The second-order valence-electron chi connectivity index (χ2n) is 5.31. The van der Waals surface area contributed by atoms with Crippen molar-refractivity contribution < 1.29 is 8.42 Å². The third-order valence-corrected chi connectivity index (χ3v) is 5.13. The predicted octanol–water partition coefficient (Wildman–Crippen LogP) is 3.98. The molecule has 1 aromatic heterocycles. The molecule has 25 heavy (non-hydrogen) atoms. The summed E-state index contributed by atoms with van der Waals surface area (Å²) in [6, 6.07) is 17.1. The minimum Gasteiger partial charge on any atom is -0.339 e. The van der Waals surface area contributed by atoms with Crippen LogP contribution in [0.4, 0.5) is 17.3 Å². The first-order valence-electron chi connectivity index (χ1n) is 7.39. The van der Waals surface area contributed by atoms with E-state index in [9.17, 15) is 8.42 Å². The zero-order valence-corrected chi connectivity index (χ0v) is 14.8. The molecule has 0 spiro atoms. The van der Waals surface area contributed by atoms with E-state index in [2.05, 4.69) is 20.2 Å². The lowest BCUT2D eigenvalue weighted by molar-refractivity contribution is 0.600. The molecule has 3 rings (SSSR count). The molecule has 2 aromatic carbocycles. The van der Waals surface area contributed by atoms with Gasteiger partial charge in [0.2, 0.25) is 0 Å². The van der Waals surface area contributed by atoms with E-state index in [-0.39, 0.29) is 10.7 Å². The Balaban J connectivity index is 1.75. The van der Waals surface area contributed by atoms with Crippen molar-refractivity contribution in [2.45, 2.75) is 11.8 Å². The first kappa shape index (κ1) is 17.2. The van der Waals surface area contributed by atoms with Crippen LogP contribution >= 0.6 is 11.6 Å². The van der Waals surface area contributed by atoms with Crippen molar-refractivity contribution in [3.63, 3.8) is 0 Å². The van der Waals surface area contributed by atoms with E-state index in [1.54, 1.807) is 49.4 Å². The maximum atomic E-state index is 12.4. The number of benzene rings is 2. The molecule has 0 aliphatic carbocycles. The largest absolute Gasteiger partial charge is 0.339 e. The molecule has 0 radical (unpaired) electrons. The van der Waals surface area contributed by atoms with Gasteiger partial charge in [0.05, 0.1) is 4.90 Å². The number of nitrogens with zero attached hydrogens (tertiary/aromatic N) is 2. The number of aryl methyl sites for hydroxylation is 1. The molecule has 1 heterocycles. The molecule has 0 atom stereocenters. The number of aromatic nitrogens is 2. The fourth-order valence-electron chi connectivity index (χ4n) is 2.22. The van der Waals surface area contributed by atoms with Crippen LogP contribution in [-0.4, -0.2) is 18.6 Å². The van der Waals surface area contributed by atoms with Gasteiger partial charge in [-0.2, -0.15) is 0 Å². The summed E-state index contributed by atoms with van der Waals surface area (Å²) in [4.78, 5) is 0.206. The molecule has 0 unspecified atom stereocenters. The third-order valence-electron chi connectivity index (χ3n) is 3.38. The summed E-state index contributed by atoms with van der Waals surface area (Å²) in [6.45, 7) is 1.73. The number of hydrogen-bond donors (Lipinski definition) is 2. The van der Waals surface area contributed by atoms with Gasteiger partial charge in [-0.05, 0) is 48.9 Å². The van der Waals surface area contributed by atoms with Crippen LogP contribution < -0.4 is 10.0 Å². The SMILES string of the molecule is Cc1ccccc1S(=O)(=O)Nc1ccc(Nc2cccc(Cl)c2)nn1. The number of sulfonamides is 1. The molecule has 128 valence electrons. The van der Waals surface area contributed by atoms with Gasteiger partial charge in [-0.25, -0.2) is 8.42 Å². The van der Waals surface area contributed by atoms with Gasteiger partial charge in [0.25, 0.3) is 10.0 Å². The van der Waals surface area contributed by atoms with Gasteiger partial charge in [0, 0.05) is 10.7 Å². The highest BCUT2D eigenvalue weighted by Crippen LogP contribution is 2.20. The number of rotatable bonds is 5. The van der Waals surface area contributed by atoms with Gasteiger partial charge in [0.1, 0.15) is 0 Å². The van der Waals surface area contributed by atoms with E-state index in [1.165, 1.54) is 6.07 Å². The van der Waals surface area contributed by atoms with E-state index in [0.29, 0.717) is 16.4 Å². The highest BCUT2D eigenvalue weighted by Gasteiger charge is 2.17. The summed E-state index contributed by atoms with van der Waals surface area (Å²) >= 11 is 5.93. The Kier molecular flexibility index (Phi) is 4.87. The molecule has 2 N–H and O–H groups in total. The third kappa shape index (κ3) is 4.26. The zero-order valence-electron chi connectivity index (χ0n) is 13.3. The van der Waals surface area contributed by atoms with Crippen LogP contribution in [0.1, 0.15) is 5.56 Å². The molecule has 0 aliphatic rings. The molecule has 0 saturated carbocycles. The Morgan fingerprint density at radius 1 is 0.920 bits per heavy atom. The van der Waals surface area contributed by atoms with Crippen LogP contribution in [0.25, 0.3) is 0 Å². The van der Waals surface area contributed by atoms with Crippen molar-refractivity contribution in [2.75, 3.05) is 10.0 Å². The van der Waals surface area contributed by atoms with Crippen molar-refractivity contribution >= 4 is 38.9 Å². The molecular formula is C17H15ClN4O2S. The second kappa shape index (κ2) is 7.08. The predicted molar refractivity (Wildman–Crippen MR) is 98.8 cm³/mol. The normalized spacial score (nSPS) is 11.1. The van der Waals surface area contributed by atoms with Gasteiger partial charge in [0.15, 0.2) is 11.6 Å². The van der Waals surface area contributed by atoms with Gasteiger partial charge >= 0.3 is 0 Å². The van der Waals surface area contributed by atoms with E-state index in [1.807, 2.05) is 12.1 Å². The Labute approximate surface area is 150 Å². The first-order valence-corrected chi connectivity index (χ1v) is 9.25. The average molecular weight is 375 g/mol. The number of nitrogens with one attached hydrogen (secondary N) is 2. The summed E-state index contributed by atoms with van der Waals surface area (Å²) in [5, 5.41) is 11.5. The lowest BCUT2D eigenvalue weighted by Gasteiger charge is -2.10. The lowest BCUT2D eigenvalue weighted by Crippen LogP contribution is -2.15. The quantitative estimate of drug-likeness (QED) is 0.705. The Bertz CT molecular complexity index is 992. The first-order chi connectivity index (χ1) is 11.9. The van der Waals surface area contributed by atoms with Crippen molar-refractivity contribution in [2.24, 2.45) is 0 Å². The standard InChI is InChI=1S/C17H15ClN4O2S/c1-12-5-2-3-8-15(12)25(23,24)22-17-10-9-16(20-21-17)19-14-7-4-6-13(18)11-14/h2-11H,1H3,(H,19,20)(H,21,22). The van der Waals surface area contributed by atoms with Gasteiger partial charge < -0.3 is 5.32 Å². The van der Waals surface area contributed by atoms with Gasteiger partial charge in [-0.1, -0.05) is 35.9 Å². The summed E-state index contributed by atoms with van der Waals surface area (Å²) < 4.78 is 27.3. The number of hydrogen-bond acceptors (Lipinski definition) is 5. The summed E-state index contributed by atoms with van der Waals surface area (Å²) in [6.07, 6.45) is 0. The molecule has 0 amide bonds. The van der Waals surface area contributed by atoms with Gasteiger partial charge in [-0.3, -0.25) is 4.72 Å². The molecule has 0 bridgehead atoms. The van der Waals surface area contributed by atoms with Crippen LogP contribution in [0.3, 0.4) is 0 Å². The number of halogens is 1. The highest BCUT2D eigenvalue weighted by atomic mass is 35.5. The molecule has 0 aliphatic heterocycles. The van der Waals surface area contributed by atoms with Gasteiger partial charge in [-0.15, -0.1) is 10.2 Å². The van der Waals surface area contributed by atoms with E-state index in [0.717, 1.165) is 5.69 Å². The fourth-order valence-corrected chi connectivity index (χ4v) is 3.65. The minimum atomic E-state index is -3.71. The van der Waals surface area contributed by atoms with Crippen LogP contribution in [0, 0.1) is 6.92 Å². The maximum Gasteiger partial charge on any atom is 0.263 e. The molecular weight excluding hydrogens is 360 g/mol. The van der Waals surface area contributed by atoms with Crippen LogP contribution in [0.15, 0.2) is 65.6 Å². The molecule has 8 heteroatoms. The Morgan fingerprint density at radius 3 is 2.32 bits per heavy atom. The van der Waals surface area contributed by atoms with Crippen molar-refractivity contribution in [3.05, 3.63) is 71.2 Å². The average Bonchev–Trinajstić information content (AvgIpc) is 2.57. The maximum absolute atomic E-state index is 12.4. The molecule has 3 aromatic rings. The number of anilines is 3. The lowest BCUT2D eigenvalue weighted by atomic mass is 10.2. The summed E-state index contributed by atoms with van der Waals surface area (Å²) in [5.41, 5.74) is 1.41.